The van der Waals surface area contributed by atoms with Crippen LogP contribution >= 0.6 is 24.0 Å². The van der Waals surface area contributed by atoms with Crippen molar-refractivity contribution in [3.05, 3.63) is 35.2 Å². The molecule has 2 aromatic rings. The molecule has 0 amide bonds. The minimum Gasteiger partial charge on any atom is -0.418 e. The third kappa shape index (κ3) is 3.30. The fourth-order valence-corrected chi connectivity index (χ4v) is 2.17. The van der Waals surface area contributed by atoms with E-state index >= 15 is 0 Å². The summed E-state index contributed by atoms with van der Waals surface area (Å²) < 4.78 is 11.3. The first-order valence-corrected chi connectivity index (χ1v) is 6.56. The summed E-state index contributed by atoms with van der Waals surface area (Å²) >= 11 is 5.84. The van der Waals surface area contributed by atoms with E-state index in [9.17, 15) is 0 Å². The molecular formula is C13H15Cl2N3O2. The smallest absolute Gasteiger partial charge is 0.247 e. The Morgan fingerprint density at radius 3 is 2.55 bits per heavy atom. The molecule has 2 atom stereocenters. The molecule has 1 aromatic heterocycles. The van der Waals surface area contributed by atoms with Crippen molar-refractivity contribution in [3.8, 4) is 11.5 Å². The second-order valence-electron chi connectivity index (χ2n) is 4.61. The van der Waals surface area contributed by atoms with Crippen molar-refractivity contribution in [2.45, 2.75) is 25.0 Å². The van der Waals surface area contributed by atoms with E-state index in [1.54, 1.807) is 12.1 Å². The maximum absolute atomic E-state index is 5.84. The lowest BCUT2D eigenvalue weighted by Crippen LogP contribution is -2.32. The maximum atomic E-state index is 5.84. The van der Waals surface area contributed by atoms with Crippen molar-refractivity contribution in [1.29, 1.82) is 0 Å². The second-order valence-corrected chi connectivity index (χ2v) is 5.05. The molecule has 0 bridgehead atoms. The Kier molecular flexibility index (Phi) is 4.99. The average Bonchev–Trinajstić information content (AvgIpc) is 2.90. The standard InChI is InChI=1S/C13H14ClN3O2.ClH/c14-9-3-1-8(2-4-9)12-16-17-13(19-12)11-6-5-10(15)7-18-11;/h1-4,10-11H,5-7,15H2;1H/t10-,11+;/m0./s1. The largest absolute Gasteiger partial charge is 0.418 e. The summed E-state index contributed by atoms with van der Waals surface area (Å²) in [6.07, 6.45) is 1.57. The first kappa shape index (κ1) is 15.3. The Hall–Kier alpha value is -1.14. The van der Waals surface area contributed by atoms with Gasteiger partial charge in [0.15, 0.2) is 0 Å². The van der Waals surface area contributed by atoms with Gasteiger partial charge in [-0.2, -0.15) is 0 Å². The van der Waals surface area contributed by atoms with Crippen molar-refractivity contribution in [2.24, 2.45) is 5.73 Å². The molecule has 108 valence electrons. The highest BCUT2D eigenvalue weighted by molar-refractivity contribution is 6.30. The minimum atomic E-state index is -0.145. The first-order chi connectivity index (χ1) is 9.22. The molecule has 1 fully saturated rings. The number of nitrogens with zero attached hydrogens (tertiary/aromatic N) is 2. The van der Waals surface area contributed by atoms with E-state index in [1.807, 2.05) is 12.1 Å². The number of hydrogen-bond acceptors (Lipinski definition) is 5. The van der Waals surface area contributed by atoms with Gasteiger partial charge in [0.05, 0.1) is 6.61 Å². The van der Waals surface area contributed by atoms with Gasteiger partial charge in [-0.3, -0.25) is 0 Å². The van der Waals surface area contributed by atoms with E-state index < -0.39 is 0 Å². The Labute approximate surface area is 127 Å². The molecule has 0 radical (unpaired) electrons. The van der Waals surface area contributed by atoms with E-state index in [-0.39, 0.29) is 24.6 Å². The van der Waals surface area contributed by atoms with Crippen LogP contribution in [0.1, 0.15) is 24.8 Å². The third-order valence-corrected chi connectivity index (χ3v) is 3.37. The third-order valence-electron chi connectivity index (χ3n) is 3.12. The monoisotopic (exact) mass is 315 g/mol. The summed E-state index contributed by atoms with van der Waals surface area (Å²) in [5, 5.41) is 8.76. The van der Waals surface area contributed by atoms with Crippen molar-refractivity contribution in [2.75, 3.05) is 6.61 Å². The van der Waals surface area contributed by atoms with E-state index in [2.05, 4.69) is 10.2 Å². The zero-order valence-electron chi connectivity index (χ0n) is 10.7. The lowest BCUT2D eigenvalue weighted by molar-refractivity contribution is -0.0111. The van der Waals surface area contributed by atoms with Crippen molar-refractivity contribution in [3.63, 3.8) is 0 Å². The van der Waals surface area contributed by atoms with Crippen molar-refractivity contribution >= 4 is 24.0 Å². The Morgan fingerprint density at radius 1 is 1.15 bits per heavy atom. The number of ether oxygens (including phenoxy) is 1. The maximum Gasteiger partial charge on any atom is 0.247 e. The van der Waals surface area contributed by atoms with Gasteiger partial charge in [-0.25, -0.2) is 0 Å². The van der Waals surface area contributed by atoms with Gasteiger partial charge in [0, 0.05) is 16.6 Å². The molecule has 1 aliphatic rings. The van der Waals surface area contributed by atoms with Crippen LogP contribution in [0.2, 0.25) is 5.02 Å². The molecule has 1 aliphatic heterocycles. The molecule has 7 heteroatoms. The van der Waals surface area contributed by atoms with Crippen LogP contribution in [0.3, 0.4) is 0 Å². The normalized spacial score (nSPS) is 22.3. The molecule has 20 heavy (non-hydrogen) atoms. The average molecular weight is 316 g/mol. The van der Waals surface area contributed by atoms with Gasteiger partial charge in [0.1, 0.15) is 6.10 Å². The molecule has 0 unspecified atom stereocenters. The van der Waals surface area contributed by atoms with Crippen LogP contribution in [0.4, 0.5) is 0 Å². The van der Waals surface area contributed by atoms with Crippen LogP contribution in [0.25, 0.3) is 11.5 Å². The van der Waals surface area contributed by atoms with E-state index in [0.717, 1.165) is 18.4 Å². The molecule has 2 N–H and O–H groups in total. The van der Waals surface area contributed by atoms with Crippen LogP contribution in [0.15, 0.2) is 28.7 Å². The molecule has 5 nitrogen and oxygen atoms in total. The summed E-state index contributed by atoms with van der Waals surface area (Å²) in [6.45, 7) is 0.531. The SMILES string of the molecule is Cl.N[C@H]1CC[C@H](c2nnc(-c3ccc(Cl)cc3)o2)OC1. The summed E-state index contributed by atoms with van der Waals surface area (Å²) in [6, 6.07) is 7.37. The lowest BCUT2D eigenvalue weighted by atomic mass is 10.1. The van der Waals surface area contributed by atoms with E-state index in [4.69, 9.17) is 26.5 Å². The van der Waals surface area contributed by atoms with Gasteiger partial charge in [0.2, 0.25) is 11.8 Å². The van der Waals surface area contributed by atoms with Crippen LogP contribution in [-0.2, 0) is 4.74 Å². The van der Waals surface area contributed by atoms with Crippen molar-refractivity contribution < 1.29 is 9.15 Å². The van der Waals surface area contributed by atoms with E-state index in [0.29, 0.717) is 23.4 Å². The highest BCUT2D eigenvalue weighted by atomic mass is 35.5. The molecule has 0 saturated carbocycles. The Balaban J connectivity index is 0.00000147. The van der Waals surface area contributed by atoms with Gasteiger partial charge in [-0.15, -0.1) is 22.6 Å². The van der Waals surface area contributed by atoms with Gasteiger partial charge < -0.3 is 14.9 Å². The fraction of sp³-hybridized carbons (Fsp3) is 0.385. The molecule has 2 heterocycles. The Bertz CT molecular complexity index is 551. The number of aromatic nitrogens is 2. The van der Waals surface area contributed by atoms with Gasteiger partial charge in [-0.05, 0) is 37.1 Å². The number of nitrogens with two attached hydrogens (primary N) is 1. The van der Waals surface area contributed by atoms with Gasteiger partial charge in [0.25, 0.3) is 0 Å². The summed E-state index contributed by atoms with van der Waals surface area (Å²) in [5.41, 5.74) is 6.62. The molecule has 1 aromatic carbocycles. The quantitative estimate of drug-likeness (QED) is 0.922. The number of benzene rings is 1. The minimum absolute atomic E-state index is 0. The lowest BCUT2D eigenvalue weighted by Gasteiger charge is -2.23. The molecule has 0 aliphatic carbocycles. The molecule has 3 rings (SSSR count). The van der Waals surface area contributed by atoms with Gasteiger partial charge in [-0.1, -0.05) is 11.6 Å². The number of hydrogen-bond donors (Lipinski definition) is 1. The second kappa shape index (κ2) is 6.54. The Morgan fingerprint density at radius 2 is 1.90 bits per heavy atom. The predicted octanol–water partition coefficient (Wildman–Crippen LogP) is 2.99. The zero-order valence-corrected chi connectivity index (χ0v) is 12.2. The van der Waals surface area contributed by atoms with E-state index in [1.165, 1.54) is 0 Å². The predicted molar refractivity (Wildman–Crippen MR) is 77.9 cm³/mol. The highest BCUT2D eigenvalue weighted by Crippen LogP contribution is 2.29. The molecule has 1 saturated heterocycles. The summed E-state index contributed by atoms with van der Waals surface area (Å²) in [4.78, 5) is 0. The highest BCUT2D eigenvalue weighted by Gasteiger charge is 2.25. The van der Waals surface area contributed by atoms with Crippen LogP contribution < -0.4 is 5.73 Å². The summed E-state index contributed by atoms with van der Waals surface area (Å²) in [7, 11) is 0. The van der Waals surface area contributed by atoms with Crippen LogP contribution in [0.5, 0.6) is 0 Å². The van der Waals surface area contributed by atoms with Gasteiger partial charge >= 0.3 is 0 Å². The zero-order chi connectivity index (χ0) is 13.2. The van der Waals surface area contributed by atoms with Crippen LogP contribution in [0, 0.1) is 0 Å². The topological polar surface area (TPSA) is 74.2 Å². The molecular weight excluding hydrogens is 301 g/mol. The first-order valence-electron chi connectivity index (χ1n) is 6.19. The van der Waals surface area contributed by atoms with Crippen molar-refractivity contribution in [1.82, 2.24) is 10.2 Å². The summed E-state index contributed by atoms with van der Waals surface area (Å²) in [5.74, 6) is 0.988. The number of halogens is 2. The van der Waals surface area contributed by atoms with Crippen LogP contribution in [-0.4, -0.2) is 22.8 Å². The molecule has 0 spiro atoms. The fourth-order valence-electron chi connectivity index (χ4n) is 2.04. The number of rotatable bonds is 2.